The van der Waals surface area contributed by atoms with Crippen LogP contribution in [-0.2, 0) is 4.79 Å². The molecule has 2 amide bonds. The number of carbonyl (C=O) groups excluding carboxylic acids is 3. The average molecular weight is 503 g/mol. The van der Waals surface area contributed by atoms with Gasteiger partial charge in [0.15, 0.2) is 23.0 Å². The minimum Gasteiger partial charge on any atom is -0.459 e. The third-order valence-electron chi connectivity index (χ3n) is 6.93. The minimum atomic E-state index is -1.06. The number of aryl methyl sites for hydroxylation is 1. The Morgan fingerprint density at radius 1 is 0.973 bits per heavy atom. The second-order valence-electron chi connectivity index (χ2n) is 9.59. The molecule has 0 saturated heterocycles. The second-order valence-corrected chi connectivity index (χ2v) is 9.59. The van der Waals surface area contributed by atoms with E-state index in [4.69, 9.17) is 13.9 Å². The van der Waals surface area contributed by atoms with Crippen LogP contribution in [0.3, 0.4) is 0 Å². The summed E-state index contributed by atoms with van der Waals surface area (Å²) in [6, 6.07) is 12.8. The summed E-state index contributed by atoms with van der Waals surface area (Å²) in [7, 11) is 0. The van der Waals surface area contributed by atoms with Gasteiger partial charge in [0, 0.05) is 17.7 Å². The van der Waals surface area contributed by atoms with Crippen molar-refractivity contribution in [1.82, 2.24) is 5.32 Å². The van der Waals surface area contributed by atoms with E-state index in [1.807, 2.05) is 31.2 Å². The zero-order chi connectivity index (χ0) is 25.9. The van der Waals surface area contributed by atoms with Gasteiger partial charge in [-0.2, -0.15) is 0 Å². The smallest absolute Gasteiger partial charge is 0.294 e. The summed E-state index contributed by atoms with van der Waals surface area (Å²) < 4.78 is 16.5. The van der Waals surface area contributed by atoms with E-state index in [2.05, 4.69) is 5.32 Å². The van der Waals surface area contributed by atoms with Gasteiger partial charge in [-0.1, -0.05) is 49.1 Å². The number of nitrogens with one attached hydrogen (secondary N) is 1. The van der Waals surface area contributed by atoms with Gasteiger partial charge in [-0.15, -0.1) is 0 Å². The fraction of sp³-hybridized carbons (Fsp3) is 0.345. The molecule has 0 bridgehead atoms. The number of furan rings is 1. The molecule has 1 saturated carbocycles. The van der Waals surface area contributed by atoms with Crippen molar-refractivity contribution in [2.75, 3.05) is 11.7 Å². The number of benzene rings is 2. The molecule has 2 heterocycles. The molecule has 3 aromatic rings. The first-order chi connectivity index (χ1) is 17.9. The first-order valence-corrected chi connectivity index (χ1v) is 12.6. The first kappa shape index (κ1) is 24.6. The highest BCUT2D eigenvalue weighted by molar-refractivity contribution is 6.13. The van der Waals surface area contributed by atoms with Crippen LogP contribution in [-0.4, -0.2) is 30.4 Å². The van der Waals surface area contributed by atoms with Gasteiger partial charge in [0.05, 0.1) is 12.0 Å². The molecule has 1 fully saturated rings. The largest absolute Gasteiger partial charge is 0.459 e. The Balaban J connectivity index is 1.67. The number of hydrogen-bond donors (Lipinski definition) is 1. The normalized spacial score (nSPS) is 15.7. The Labute approximate surface area is 215 Å². The second kappa shape index (κ2) is 10.5. The molecule has 8 nitrogen and oxygen atoms in total. The van der Waals surface area contributed by atoms with E-state index in [0.717, 1.165) is 37.7 Å². The monoisotopic (exact) mass is 502 g/mol. The molecule has 37 heavy (non-hydrogen) atoms. The van der Waals surface area contributed by atoms with Crippen LogP contribution in [0.4, 0.5) is 5.69 Å². The molecular weight excluding hydrogens is 472 g/mol. The maximum Gasteiger partial charge on any atom is 0.294 e. The summed E-state index contributed by atoms with van der Waals surface area (Å²) in [5, 5.41) is 3.18. The summed E-state index contributed by atoms with van der Waals surface area (Å²) >= 11 is 0. The van der Waals surface area contributed by atoms with E-state index >= 15 is 0 Å². The van der Waals surface area contributed by atoms with Crippen LogP contribution in [0.15, 0.2) is 59.2 Å². The Morgan fingerprint density at radius 2 is 1.68 bits per heavy atom. The SMILES string of the molecule is CC(=O)c1cc2c(cc1N(C(=O)c1ccco1)[C@H](C(=O)NC1CCCCC1)c1ccc(C)cc1)OCO2. The van der Waals surface area contributed by atoms with E-state index in [0.29, 0.717) is 17.1 Å². The number of fused-ring (bicyclic) bond motifs is 1. The Morgan fingerprint density at radius 3 is 2.32 bits per heavy atom. The van der Waals surface area contributed by atoms with Crippen molar-refractivity contribution < 1.29 is 28.3 Å². The molecule has 8 heteroatoms. The molecule has 0 spiro atoms. The number of ketones is 1. The summed E-state index contributed by atoms with van der Waals surface area (Å²) in [4.78, 5) is 42.2. The van der Waals surface area contributed by atoms with Crippen LogP contribution in [0.5, 0.6) is 11.5 Å². The van der Waals surface area contributed by atoms with E-state index in [1.54, 1.807) is 24.3 Å². The quantitative estimate of drug-likeness (QED) is 0.437. The van der Waals surface area contributed by atoms with Crippen molar-refractivity contribution in [1.29, 1.82) is 0 Å². The highest BCUT2D eigenvalue weighted by Gasteiger charge is 2.38. The highest BCUT2D eigenvalue weighted by atomic mass is 16.7. The van der Waals surface area contributed by atoms with Crippen molar-refractivity contribution in [2.24, 2.45) is 0 Å². The fourth-order valence-electron chi connectivity index (χ4n) is 4.99. The Bertz CT molecular complexity index is 1290. The molecule has 1 aliphatic carbocycles. The van der Waals surface area contributed by atoms with Gasteiger partial charge in [0.2, 0.25) is 12.7 Å². The van der Waals surface area contributed by atoms with Crippen LogP contribution in [0, 0.1) is 6.92 Å². The molecule has 1 N–H and O–H groups in total. The molecule has 1 atom stereocenters. The van der Waals surface area contributed by atoms with Crippen molar-refractivity contribution in [2.45, 2.75) is 58.0 Å². The van der Waals surface area contributed by atoms with E-state index in [9.17, 15) is 14.4 Å². The summed E-state index contributed by atoms with van der Waals surface area (Å²) in [6.45, 7) is 3.38. The number of nitrogens with zero attached hydrogens (tertiary/aromatic N) is 1. The van der Waals surface area contributed by atoms with E-state index in [1.165, 1.54) is 18.1 Å². The number of Topliss-reactive ketones (excluding diaryl/α,β-unsaturated/α-hetero) is 1. The number of rotatable bonds is 7. The minimum absolute atomic E-state index is 0.00577. The Hall–Kier alpha value is -4.07. The maximum absolute atomic E-state index is 14.0. The van der Waals surface area contributed by atoms with Crippen LogP contribution in [0.2, 0.25) is 0 Å². The number of hydrogen-bond acceptors (Lipinski definition) is 6. The molecule has 1 aliphatic heterocycles. The number of carbonyl (C=O) groups is 3. The lowest BCUT2D eigenvalue weighted by atomic mass is 9.94. The van der Waals surface area contributed by atoms with Gasteiger partial charge in [0.1, 0.15) is 6.04 Å². The molecule has 0 unspecified atom stereocenters. The zero-order valence-corrected chi connectivity index (χ0v) is 21.0. The maximum atomic E-state index is 14.0. The van der Waals surface area contributed by atoms with Crippen LogP contribution < -0.4 is 19.7 Å². The lowest BCUT2D eigenvalue weighted by Crippen LogP contribution is -2.47. The number of ether oxygens (including phenoxy) is 2. The first-order valence-electron chi connectivity index (χ1n) is 12.6. The lowest BCUT2D eigenvalue weighted by molar-refractivity contribution is -0.123. The van der Waals surface area contributed by atoms with Gasteiger partial charge >= 0.3 is 0 Å². The lowest BCUT2D eigenvalue weighted by Gasteiger charge is -2.34. The predicted molar refractivity (Wildman–Crippen MR) is 137 cm³/mol. The molecule has 2 aliphatic rings. The fourth-order valence-corrected chi connectivity index (χ4v) is 4.99. The third kappa shape index (κ3) is 5.09. The Kier molecular flexibility index (Phi) is 6.99. The van der Waals surface area contributed by atoms with Crippen molar-refractivity contribution in [3.8, 4) is 11.5 Å². The summed E-state index contributed by atoms with van der Waals surface area (Å²) in [5.74, 6) is -0.278. The molecule has 0 radical (unpaired) electrons. The number of anilines is 1. The summed E-state index contributed by atoms with van der Waals surface area (Å²) in [6.07, 6.45) is 6.43. The predicted octanol–water partition coefficient (Wildman–Crippen LogP) is 5.36. The van der Waals surface area contributed by atoms with Crippen LogP contribution in [0.25, 0.3) is 0 Å². The van der Waals surface area contributed by atoms with Gasteiger partial charge in [-0.3, -0.25) is 19.3 Å². The van der Waals surface area contributed by atoms with E-state index < -0.39 is 11.9 Å². The molecule has 192 valence electrons. The topological polar surface area (TPSA) is 98.1 Å². The van der Waals surface area contributed by atoms with Gasteiger partial charge in [0.25, 0.3) is 5.91 Å². The standard InChI is InChI=1S/C29H30N2O6/c1-18-10-12-20(13-11-18)27(28(33)30-21-7-4-3-5-8-21)31(29(34)24-9-6-14-35-24)23-16-26-25(36-17-37-26)15-22(23)19(2)32/h6,9-16,21,27H,3-5,7-8,17H2,1-2H3,(H,30,33)/t27-/m0/s1. The van der Waals surface area contributed by atoms with Gasteiger partial charge < -0.3 is 19.2 Å². The van der Waals surface area contributed by atoms with Gasteiger partial charge in [-0.05, 0) is 50.5 Å². The molecule has 1 aromatic heterocycles. The third-order valence-corrected chi connectivity index (χ3v) is 6.93. The summed E-state index contributed by atoms with van der Waals surface area (Å²) in [5.41, 5.74) is 2.13. The highest BCUT2D eigenvalue weighted by Crippen LogP contribution is 2.42. The number of amides is 2. The molecule has 2 aromatic carbocycles. The van der Waals surface area contributed by atoms with Crippen LogP contribution in [0.1, 0.15) is 77.1 Å². The average Bonchev–Trinajstić information content (AvgIpc) is 3.59. The van der Waals surface area contributed by atoms with Crippen molar-refractivity contribution in [3.63, 3.8) is 0 Å². The van der Waals surface area contributed by atoms with Crippen molar-refractivity contribution in [3.05, 3.63) is 77.2 Å². The van der Waals surface area contributed by atoms with Crippen LogP contribution >= 0.6 is 0 Å². The van der Waals surface area contributed by atoms with E-state index in [-0.39, 0.29) is 41.5 Å². The molecule has 5 rings (SSSR count). The van der Waals surface area contributed by atoms with Crippen molar-refractivity contribution >= 4 is 23.3 Å². The zero-order valence-electron chi connectivity index (χ0n) is 21.0. The van der Waals surface area contributed by atoms with Gasteiger partial charge in [-0.25, -0.2) is 0 Å². The molecular formula is C29H30N2O6.